The van der Waals surface area contributed by atoms with Gasteiger partial charge in [0.1, 0.15) is 13.2 Å². The molecule has 0 saturated carbocycles. The van der Waals surface area contributed by atoms with Gasteiger partial charge in [0.15, 0.2) is 5.82 Å². The van der Waals surface area contributed by atoms with Crippen LogP contribution in [0.3, 0.4) is 0 Å². The third-order valence-electron chi connectivity index (χ3n) is 5.11. The number of fused-ring (bicyclic) bond motifs is 3. The zero-order chi connectivity index (χ0) is 20.2. The van der Waals surface area contributed by atoms with Gasteiger partial charge in [0, 0.05) is 22.7 Å². The first-order valence-corrected chi connectivity index (χ1v) is 10.3. The van der Waals surface area contributed by atoms with E-state index in [0.29, 0.717) is 24.2 Å². The Labute approximate surface area is 175 Å². The van der Waals surface area contributed by atoms with Crippen molar-refractivity contribution in [3.05, 3.63) is 70.5 Å². The van der Waals surface area contributed by atoms with E-state index in [1.807, 2.05) is 41.0 Å². The zero-order valence-corrected chi connectivity index (χ0v) is 17.4. The number of ether oxygens (including phenoxy) is 1. The van der Waals surface area contributed by atoms with Crippen molar-refractivity contribution in [3.63, 3.8) is 0 Å². The molecule has 0 aliphatic carbocycles. The summed E-state index contributed by atoms with van der Waals surface area (Å²) in [6, 6.07) is 16.4. The summed E-state index contributed by atoms with van der Waals surface area (Å²) in [4.78, 5) is 7.15. The normalized spacial score (nSPS) is 12.9. The molecule has 3 aromatic rings. The molecule has 0 amide bonds. The summed E-state index contributed by atoms with van der Waals surface area (Å²) in [5.41, 5.74) is 3.80. The standard InChI is InChI=1S/C22H24ClN5O/c1-3-27(4-2)12-13-29-22-26-25-20-15-24-21(16-8-6-5-7-9-16)18-14-17(23)10-11-19(18)28(20)22/h5-11,14H,3-4,12-13,15H2,1-2H3. The largest absolute Gasteiger partial charge is 0.462 e. The lowest BCUT2D eigenvalue weighted by Crippen LogP contribution is -2.28. The molecule has 1 aromatic heterocycles. The van der Waals surface area contributed by atoms with Crippen LogP contribution in [0.4, 0.5) is 0 Å². The van der Waals surface area contributed by atoms with Crippen molar-refractivity contribution in [2.45, 2.75) is 20.4 Å². The quantitative estimate of drug-likeness (QED) is 0.592. The average molecular weight is 410 g/mol. The molecule has 0 fully saturated rings. The van der Waals surface area contributed by atoms with E-state index >= 15 is 0 Å². The average Bonchev–Trinajstić information content (AvgIpc) is 3.07. The predicted molar refractivity (Wildman–Crippen MR) is 115 cm³/mol. The van der Waals surface area contributed by atoms with Crippen molar-refractivity contribution in [1.29, 1.82) is 0 Å². The molecule has 0 atom stereocenters. The lowest BCUT2D eigenvalue weighted by molar-refractivity contribution is 0.210. The van der Waals surface area contributed by atoms with Crippen LogP contribution in [0, 0.1) is 0 Å². The van der Waals surface area contributed by atoms with Gasteiger partial charge in [-0.05, 0) is 31.3 Å². The second-order valence-electron chi connectivity index (χ2n) is 6.80. The van der Waals surface area contributed by atoms with E-state index in [0.717, 1.165) is 48.0 Å². The third kappa shape index (κ3) is 4.04. The second-order valence-corrected chi connectivity index (χ2v) is 7.24. The highest BCUT2D eigenvalue weighted by Crippen LogP contribution is 2.30. The molecular formula is C22H24ClN5O. The maximum atomic E-state index is 6.34. The second kappa shape index (κ2) is 8.76. The fourth-order valence-corrected chi connectivity index (χ4v) is 3.69. The molecule has 2 aromatic carbocycles. The van der Waals surface area contributed by atoms with Gasteiger partial charge in [0.2, 0.25) is 0 Å². The molecular weight excluding hydrogens is 386 g/mol. The van der Waals surface area contributed by atoms with Gasteiger partial charge in [-0.2, -0.15) is 0 Å². The molecule has 0 unspecified atom stereocenters. The molecule has 29 heavy (non-hydrogen) atoms. The molecule has 0 bridgehead atoms. The monoisotopic (exact) mass is 409 g/mol. The summed E-state index contributed by atoms with van der Waals surface area (Å²) in [6.45, 7) is 8.09. The van der Waals surface area contributed by atoms with E-state index in [4.69, 9.17) is 21.3 Å². The van der Waals surface area contributed by atoms with Gasteiger partial charge in [-0.15, -0.1) is 5.10 Å². The SMILES string of the molecule is CCN(CC)CCOc1nnc2n1-c1ccc(Cl)cc1C(c1ccccc1)=NC2. The summed E-state index contributed by atoms with van der Waals surface area (Å²) >= 11 is 6.34. The van der Waals surface area contributed by atoms with Crippen LogP contribution in [0.1, 0.15) is 30.8 Å². The molecule has 1 aliphatic heterocycles. The topological polar surface area (TPSA) is 55.5 Å². The van der Waals surface area contributed by atoms with E-state index < -0.39 is 0 Å². The van der Waals surface area contributed by atoms with Gasteiger partial charge in [0.05, 0.1) is 11.4 Å². The Bertz CT molecular complexity index is 1010. The smallest absolute Gasteiger partial charge is 0.321 e. The maximum Gasteiger partial charge on any atom is 0.321 e. The number of halogens is 1. The third-order valence-corrected chi connectivity index (χ3v) is 5.35. The summed E-state index contributed by atoms with van der Waals surface area (Å²) in [6.07, 6.45) is 0. The molecule has 6 nitrogen and oxygen atoms in total. The number of aromatic nitrogens is 3. The van der Waals surface area contributed by atoms with Gasteiger partial charge in [-0.3, -0.25) is 4.99 Å². The summed E-state index contributed by atoms with van der Waals surface area (Å²) < 4.78 is 7.98. The highest BCUT2D eigenvalue weighted by atomic mass is 35.5. The molecule has 0 radical (unpaired) electrons. The number of hydrogen-bond donors (Lipinski definition) is 0. The predicted octanol–water partition coefficient (Wildman–Crippen LogP) is 3.99. The van der Waals surface area contributed by atoms with E-state index in [1.165, 1.54) is 0 Å². The van der Waals surface area contributed by atoms with Crippen LogP contribution in [0.15, 0.2) is 53.5 Å². The van der Waals surface area contributed by atoms with E-state index in [1.54, 1.807) is 0 Å². The Morgan fingerprint density at radius 1 is 1.07 bits per heavy atom. The lowest BCUT2D eigenvalue weighted by atomic mass is 10.0. The highest BCUT2D eigenvalue weighted by molar-refractivity contribution is 6.31. The molecule has 4 rings (SSSR count). The molecule has 150 valence electrons. The fraction of sp³-hybridized carbons (Fsp3) is 0.318. The van der Waals surface area contributed by atoms with Crippen LogP contribution in [0.25, 0.3) is 5.69 Å². The molecule has 7 heteroatoms. The number of hydrogen-bond acceptors (Lipinski definition) is 5. The molecule has 0 N–H and O–H groups in total. The van der Waals surface area contributed by atoms with Gasteiger partial charge >= 0.3 is 6.01 Å². The molecule has 1 aliphatic rings. The van der Waals surface area contributed by atoms with E-state index in [-0.39, 0.29) is 0 Å². The van der Waals surface area contributed by atoms with Gasteiger partial charge in [-0.1, -0.05) is 60.9 Å². The minimum atomic E-state index is 0.420. The van der Waals surface area contributed by atoms with E-state index in [2.05, 4.69) is 41.1 Å². The number of aliphatic imine (C=N–C) groups is 1. The van der Waals surface area contributed by atoms with Crippen LogP contribution in [0.2, 0.25) is 5.02 Å². The highest BCUT2D eigenvalue weighted by Gasteiger charge is 2.24. The van der Waals surface area contributed by atoms with Crippen LogP contribution in [-0.4, -0.2) is 51.6 Å². The summed E-state index contributed by atoms with van der Waals surface area (Å²) in [7, 11) is 0. The van der Waals surface area contributed by atoms with Gasteiger partial charge in [-0.25, -0.2) is 4.57 Å². The molecule has 0 saturated heterocycles. The Balaban J connectivity index is 1.71. The van der Waals surface area contributed by atoms with Crippen LogP contribution in [0.5, 0.6) is 6.01 Å². The Morgan fingerprint density at radius 3 is 2.62 bits per heavy atom. The van der Waals surface area contributed by atoms with Crippen molar-refractivity contribution in [2.75, 3.05) is 26.2 Å². The number of rotatable bonds is 7. The zero-order valence-electron chi connectivity index (χ0n) is 16.7. The minimum absolute atomic E-state index is 0.420. The fourth-order valence-electron chi connectivity index (χ4n) is 3.51. The van der Waals surface area contributed by atoms with Crippen molar-refractivity contribution in [1.82, 2.24) is 19.7 Å². The van der Waals surface area contributed by atoms with Crippen molar-refractivity contribution < 1.29 is 4.74 Å². The maximum absolute atomic E-state index is 6.34. The van der Waals surface area contributed by atoms with Crippen LogP contribution >= 0.6 is 11.6 Å². The van der Waals surface area contributed by atoms with Gasteiger partial charge in [0.25, 0.3) is 0 Å². The Morgan fingerprint density at radius 2 is 1.86 bits per heavy atom. The van der Waals surface area contributed by atoms with Crippen LogP contribution in [-0.2, 0) is 6.54 Å². The lowest BCUT2D eigenvalue weighted by Gasteiger charge is -2.18. The van der Waals surface area contributed by atoms with Crippen molar-refractivity contribution in [2.24, 2.45) is 4.99 Å². The number of nitrogens with zero attached hydrogens (tertiary/aromatic N) is 5. The molecule has 2 heterocycles. The Kier molecular flexibility index (Phi) is 5.92. The van der Waals surface area contributed by atoms with Gasteiger partial charge < -0.3 is 9.64 Å². The van der Waals surface area contributed by atoms with Crippen molar-refractivity contribution >= 4 is 17.3 Å². The van der Waals surface area contributed by atoms with Crippen molar-refractivity contribution in [3.8, 4) is 11.7 Å². The Hall–Kier alpha value is -2.70. The van der Waals surface area contributed by atoms with E-state index in [9.17, 15) is 0 Å². The summed E-state index contributed by atoms with van der Waals surface area (Å²) in [5.74, 6) is 0.748. The first-order chi connectivity index (χ1) is 14.2. The first-order valence-electron chi connectivity index (χ1n) is 9.90. The summed E-state index contributed by atoms with van der Waals surface area (Å²) in [5, 5.41) is 9.28. The van der Waals surface area contributed by atoms with Crippen LogP contribution < -0.4 is 4.74 Å². The first kappa shape index (κ1) is 19.6. The minimum Gasteiger partial charge on any atom is -0.462 e. The number of likely N-dealkylation sites (N-methyl/N-ethyl adjacent to an activating group) is 1. The number of benzene rings is 2. The molecule has 0 spiro atoms.